The Hall–Kier alpha value is -6.70. The molecule has 0 aliphatic carbocycles. The number of benzene rings is 4. The van der Waals surface area contributed by atoms with Crippen LogP contribution in [0.25, 0.3) is 0 Å². The van der Waals surface area contributed by atoms with E-state index in [1.807, 2.05) is 23.9 Å². The van der Waals surface area contributed by atoms with Crippen molar-refractivity contribution < 1.29 is 65.4 Å². The fraction of sp³-hybridized carbons (Fsp3) is 0.385. The van der Waals surface area contributed by atoms with Crippen molar-refractivity contribution in [3.05, 3.63) is 142 Å². The molecule has 0 unspecified atom stereocenters. The quantitative estimate of drug-likeness (QED) is 0.0118. The number of unbranched alkanes of at least 4 members (excludes halogenated alkanes) is 1. The van der Waals surface area contributed by atoms with E-state index in [9.17, 15) is 55.5 Å². The van der Waals surface area contributed by atoms with Gasteiger partial charge in [0.15, 0.2) is 5.78 Å². The zero-order valence-corrected chi connectivity index (χ0v) is 44.1. The number of hydrogen-bond donors (Lipinski definition) is 9. The van der Waals surface area contributed by atoms with Crippen LogP contribution in [0.2, 0.25) is 0 Å². The van der Waals surface area contributed by atoms with Crippen LogP contribution in [0, 0.1) is 11.6 Å². The first-order valence-electron chi connectivity index (χ1n) is 24.3. The molecule has 17 nitrogen and oxygen atoms in total. The zero-order valence-electron chi connectivity index (χ0n) is 41.6. The number of carbonyl (C=O) groups excluding carboxylic acids is 7. The molecular weight excluding hydrogens is 1070 g/mol. The van der Waals surface area contributed by atoms with Crippen molar-refractivity contribution in [3.63, 3.8) is 0 Å². The van der Waals surface area contributed by atoms with Crippen LogP contribution in [-0.2, 0) is 48.3 Å². The van der Waals surface area contributed by atoms with Crippen molar-refractivity contribution in [2.45, 2.75) is 87.7 Å². The summed E-state index contributed by atoms with van der Waals surface area (Å²) < 4.78 is 58.9. The largest absolute Gasteiger partial charge is 0.490 e. The smallest absolute Gasteiger partial charge is 0.475 e. The predicted molar refractivity (Wildman–Crippen MR) is 283 cm³/mol. The Bertz CT molecular complexity index is 2640. The number of carbonyl (C=O) groups is 8. The van der Waals surface area contributed by atoms with E-state index in [0.29, 0.717) is 59.6 Å². The summed E-state index contributed by atoms with van der Waals surface area (Å²) in [4.78, 5) is 97.5. The minimum atomic E-state index is -5.08. The molecule has 2 aliphatic heterocycles. The lowest BCUT2D eigenvalue weighted by Gasteiger charge is -2.22. The fourth-order valence-corrected chi connectivity index (χ4v) is 11.2. The number of amides is 7. The van der Waals surface area contributed by atoms with Crippen molar-refractivity contribution >= 4 is 80.7 Å². The molecule has 0 aromatic heterocycles. The molecule has 2 saturated heterocycles. The first kappa shape index (κ1) is 61.2. The average molecular weight is 1130 g/mol. The van der Waals surface area contributed by atoms with Gasteiger partial charge in [-0.2, -0.15) is 24.9 Å². The van der Waals surface area contributed by atoms with Gasteiger partial charge in [0, 0.05) is 72.3 Å². The van der Waals surface area contributed by atoms with E-state index >= 15 is 0 Å². The second-order valence-corrected chi connectivity index (χ2v) is 21.6. The SMILES string of the molecule is C[C@H](NC(=O)Cc1cc(F)cc(F)c1)C(=O)N[C@H](C(=O)NCc1ccc(C(=O)c2ccc(CNCC(=O)NCCSSCCNC(=O)CCCC[C@@H]3SC[C@@H]4NC(=O)N[C@@H]43)cc2)cc1)c1ccccc1.O=C(O)C(F)(F)F. The Balaban J connectivity index is 0.00000146. The molecule has 2 heterocycles. The van der Waals surface area contributed by atoms with Gasteiger partial charge in [0.2, 0.25) is 29.5 Å². The number of halogens is 5. The van der Waals surface area contributed by atoms with Gasteiger partial charge in [0.05, 0.1) is 25.0 Å². The van der Waals surface area contributed by atoms with Gasteiger partial charge < -0.3 is 47.6 Å². The lowest BCUT2D eigenvalue weighted by molar-refractivity contribution is -0.192. The summed E-state index contributed by atoms with van der Waals surface area (Å²) in [5.74, 6) is -4.03. The molecule has 77 heavy (non-hydrogen) atoms. The number of carboxylic acid groups (broad SMARTS) is 1. The van der Waals surface area contributed by atoms with Gasteiger partial charge in [-0.3, -0.25) is 28.8 Å². The Morgan fingerprint density at radius 2 is 1.30 bits per heavy atom. The van der Waals surface area contributed by atoms with Crippen molar-refractivity contribution in [3.8, 4) is 0 Å². The highest BCUT2D eigenvalue weighted by Gasteiger charge is 2.42. The molecule has 414 valence electrons. The second kappa shape index (κ2) is 30.9. The van der Waals surface area contributed by atoms with Gasteiger partial charge >= 0.3 is 18.2 Å². The van der Waals surface area contributed by atoms with Gasteiger partial charge in [-0.15, -0.1) is 0 Å². The number of thioether (sulfide) groups is 1. The van der Waals surface area contributed by atoms with Crippen molar-refractivity contribution in [1.82, 2.24) is 42.5 Å². The van der Waals surface area contributed by atoms with Crippen LogP contribution >= 0.6 is 33.3 Å². The van der Waals surface area contributed by atoms with Crippen LogP contribution in [-0.4, -0.2) is 119 Å². The Morgan fingerprint density at radius 3 is 1.90 bits per heavy atom. The van der Waals surface area contributed by atoms with E-state index in [1.54, 1.807) is 88.3 Å². The topological polar surface area (TPSA) is 253 Å². The molecule has 25 heteroatoms. The zero-order chi connectivity index (χ0) is 55.9. The maximum absolute atomic E-state index is 13.6. The number of alkyl halides is 3. The van der Waals surface area contributed by atoms with Crippen LogP contribution in [0.5, 0.6) is 0 Å². The molecule has 7 amide bonds. The molecule has 4 aromatic carbocycles. The molecule has 9 N–H and O–H groups in total. The maximum Gasteiger partial charge on any atom is 0.490 e. The van der Waals surface area contributed by atoms with Crippen LogP contribution in [0.4, 0.5) is 26.7 Å². The monoisotopic (exact) mass is 1130 g/mol. The number of aliphatic carboxylic acids is 1. The average Bonchev–Trinajstić information content (AvgIpc) is 3.96. The Labute approximate surface area is 453 Å². The van der Waals surface area contributed by atoms with Crippen molar-refractivity contribution in [2.75, 3.05) is 36.9 Å². The molecule has 6 rings (SSSR count). The highest BCUT2D eigenvalue weighted by atomic mass is 33.1. The third-order valence-corrected chi connectivity index (χ3v) is 15.6. The van der Waals surface area contributed by atoms with Crippen LogP contribution in [0.1, 0.15) is 76.8 Å². The first-order valence-corrected chi connectivity index (χ1v) is 27.9. The normalized spacial score (nSPS) is 16.2. The Morgan fingerprint density at radius 1 is 0.714 bits per heavy atom. The highest BCUT2D eigenvalue weighted by molar-refractivity contribution is 8.76. The third-order valence-electron chi connectivity index (χ3n) is 11.7. The number of urea groups is 1. The molecular formula is C52H59F5N8O9S3. The van der Waals surface area contributed by atoms with Crippen LogP contribution in [0.3, 0.4) is 0 Å². The van der Waals surface area contributed by atoms with Gasteiger partial charge in [-0.05, 0) is 54.2 Å². The summed E-state index contributed by atoms with van der Waals surface area (Å²) in [5, 5.41) is 30.5. The number of carboxylic acids is 1. The summed E-state index contributed by atoms with van der Waals surface area (Å²) in [6.45, 7) is 3.20. The number of nitrogens with one attached hydrogen (secondary N) is 8. The maximum atomic E-state index is 13.6. The fourth-order valence-electron chi connectivity index (χ4n) is 7.80. The first-order chi connectivity index (χ1) is 36.7. The van der Waals surface area contributed by atoms with E-state index in [4.69, 9.17) is 9.90 Å². The number of fused-ring (bicyclic) bond motifs is 1. The van der Waals surface area contributed by atoms with E-state index in [0.717, 1.165) is 54.2 Å². The molecule has 0 bridgehead atoms. The van der Waals surface area contributed by atoms with Gasteiger partial charge in [-0.1, -0.05) is 107 Å². The minimum absolute atomic E-state index is 0.0539. The summed E-state index contributed by atoms with van der Waals surface area (Å²) in [6, 6.07) is 23.4. The third kappa shape index (κ3) is 21.3. The minimum Gasteiger partial charge on any atom is -0.475 e. The Kier molecular flexibility index (Phi) is 24.5. The molecule has 4 aromatic rings. The van der Waals surface area contributed by atoms with E-state index in [2.05, 4.69) is 42.5 Å². The van der Waals surface area contributed by atoms with Crippen LogP contribution in [0.15, 0.2) is 97.1 Å². The van der Waals surface area contributed by atoms with E-state index in [-0.39, 0.29) is 60.8 Å². The van der Waals surface area contributed by atoms with Gasteiger partial charge in [-0.25, -0.2) is 18.4 Å². The molecule has 2 aliphatic rings. The van der Waals surface area contributed by atoms with Crippen molar-refractivity contribution in [2.24, 2.45) is 0 Å². The number of hydrogen-bond acceptors (Lipinski definition) is 12. The number of ketones is 1. The highest BCUT2D eigenvalue weighted by Crippen LogP contribution is 2.33. The number of rotatable bonds is 27. The van der Waals surface area contributed by atoms with Crippen molar-refractivity contribution in [1.29, 1.82) is 0 Å². The summed E-state index contributed by atoms with van der Waals surface area (Å²) in [5.41, 5.74) is 3.14. The second-order valence-electron chi connectivity index (χ2n) is 17.7. The summed E-state index contributed by atoms with van der Waals surface area (Å²) >= 11 is 1.89. The molecule has 0 saturated carbocycles. The molecule has 5 atom stereocenters. The summed E-state index contributed by atoms with van der Waals surface area (Å²) in [7, 11) is 3.29. The van der Waals surface area contributed by atoms with Gasteiger partial charge in [0.25, 0.3) is 0 Å². The lowest BCUT2D eigenvalue weighted by atomic mass is 10.0. The lowest BCUT2D eigenvalue weighted by Crippen LogP contribution is -2.49. The molecule has 2 fully saturated rings. The molecule has 0 spiro atoms. The van der Waals surface area contributed by atoms with Gasteiger partial charge in [0.1, 0.15) is 23.7 Å². The van der Waals surface area contributed by atoms with Crippen LogP contribution < -0.4 is 42.5 Å². The predicted octanol–water partition coefficient (Wildman–Crippen LogP) is 5.48. The van der Waals surface area contributed by atoms with E-state index < -0.39 is 53.6 Å². The van der Waals surface area contributed by atoms with E-state index in [1.165, 1.54) is 6.92 Å². The summed E-state index contributed by atoms with van der Waals surface area (Å²) in [6.07, 6.45) is -2.17. The standard InChI is InChI=1S/C50H58F2N8O7S3.C2HF3O2/c1-31(57-43(62)25-34-23-38(51)26-39(52)24-34)48(65)59-45(35-7-3-2-4-8-35)49(66)56-28-33-13-17-37(18-14-33)47(64)36-15-11-32(12-16-36)27-53-29-44(63)55-20-22-70-69-21-19-54-42(61)10-6-5-9-41-46-40(30-68-41)58-50(67)60-46;3-2(4,5)1(6)7/h2-4,7-8,11-18,23-24,26,31,40-41,45-46,53H,5-6,9-10,19-22,25,27-30H2,1H3,(H,54,61)(H,55,63)(H,56,66)(H,57,62)(H,59,65)(H2,58,60,67);(H,6,7)/t31-,40-,41-,45-,46-;/m0./s1. The molecule has 0 radical (unpaired) electrons.